The van der Waals surface area contributed by atoms with Gasteiger partial charge in [-0.2, -0.15) is 0 Å². The van der Waals surface area contributed by atoms with Crippen molar-refractivity contribution in [1.82, 2.24) is 4.90 Å². The summed E-state index contributed by atoms with van der Waals surface area (Å²) >= 11 is 0. The van der Waals surface area contributed by atoms with Crippen LogP contribution in [0.5, 0.6) is 17.2 Å². The Bertz CT molecular complexity index is 778. The van der Waals surface area contributed by atoms with E-state index < -0.39 is 0 Å². The number of methoxy groups -OCH3 is 1. The molecule has 1 atom stereocenters. The van der Waals surface area contributed by atoms with Gasteiger partial charge in [0.2, 0.25) is 5.91 Å². The summed E-state index contributed by atoms with van der Waals surface area (Å²) in [5, 5.41) is 2.93. The molecule has 6 heteroatoms. The number of hydrogen-bond acceptors (Lipinski definition) is 5. The number of benzene rings is 2. The lowest BCUT2D eigenvalue weighted by Crippen LogP contribution is -2.39. The molecule has 138 valence electrons. The summed E-state index contributed by atoms with van der Waals surface area (Å²) < 4.78 is 16.3. The Balaban J connectivity index is 1.61. The minimum Gasteiger partial charge on any atom is -0.497 e. The predicted octanol–water partition coefficient (Wildman–Crippen LogP) is 2.93. The fraction of sp³-hybridized carbons (Fsp3) is 0.350. The van der Waals surface area contributed by atoms with Crippen molar-refractivity contribution in [3.05, 3.63) is 48.0 Å². The van der Waals surface area contributed by atoms with Gasteiger partial charge in [-0.25, -0.2) is 0 Å². The van der Waals surface area contributed by atoms with Crippen LogP contribution < -0.4 is 19.5 Å². The molecule has 0 aromatic heterocycles. The zero-order valence-corrected chi connectivity index (χ0v) is 15.3. The maximum atomic E-state index is 12.5. The van der Waals surface area contributed by atoms with Crippen LogP contribution in [0.4, 0.5) is 5.69 Å². The second kappa shape index (κ2) is 8.10. The number of rotatable bonds is 6. The third kappa shape index (κ3) is 4.26. The Labute approximate surface area is 153 Å². The first-order valence-electron chi connectivity index (χ1n) is 8.60. The molecule has 0 saturated carbocycles. The van der Waals surface area contributed by atoms with Crippen LogP contribution in [-0.2, 0) is 11.3 Å². The van der Waals surface area contributed by atoms with Crippen LogP contribution in [0.1, 0.15) is 12.5 Å². The van der Waals surface area contributed by atoms with E-state index in [9.17, 15) is 4.79 Å². The van der Waals surface area contributed by atoms with Crippen molar-refractivity contribution in [3.8, 4) is 17.2 Å². The molecule has 0 radical (unpaired) electrons. The first-order chi connectivity index (χ1) is 12.6. The normalized spacial score (nSPS) is 14.0. The molecule has 1 amide bonds. The third-order valence-electron chi connectivity index (χ3n) is 4.42. The topological polar surface area (TPSA) is 60.0 Å². The lowest BCUT2D eigenvalue weighted by molar-refractivity contribution is -0.120. The summed E-state index contributed by atoms with van der Waals surface area (Å²) in [6.45, 7) is 3.65. The Morgan fingerprint density at radius 1 is 1.19 bits per heavy atom. The first kappa shape index (κ1) is 18.1. The van der Waals surface area contributed by atoms with Crippen LogP contribution in [0, 0.1) is 0 Å². The minimum absolute atomic E-state index is 0.0710. The maximum Gasteiger partial charge on any atom is 0.241 e. The van der Waals surface area contributed by atoms with Crippen LogP contribution >= 0.6 is 0 Å². The molecule has 0 fully saturated rings. The molecule has 3 rings (SSSR count). The summed E-state index contributed by atoms with van der Waals surface area (Å²) in [6.07, 6.45) is 0. The number of carbonyl (C=O) groups is 1. The molecule has 6 nitrogen and oxygen atoms in total. The molecule has 1 aliphatic rings. The van der Waals surface area contributed by atoms with E-state index in [4.69, 9.17) is 14.2 Å². The number of likely N-dealkylation sites (N-methyl/N-ethyl adjacent to an activating group) is 1. The Morgan fingerprint density at radius 2 is 1.96 bits per heavy atom. The highest BCUT2D eigenvalue weighted by Crippen LogP contribution is 2.31. The van der Waals surface area contributed by atoms with Crippen LogP contribution in [0.3, 0.4) is 0 Å². The zero-order valence-electron chi connectivity index (χ0n) is 15.3. The number of hydrogen-bond donors (Lipinski definition) is 1. The summed E-state index contributed by atoms with van der Waals surface area (Å²) in [6, 6.07) is 12.9. The quantitative estimate of drug-likeness (QED) is 0.862. The van der Waals surface area contributed by atoms with Crippen molar-refractivity contribution >= 4 is 11.6 Å². The summed E-state index contributed by atoms with van der Waals surface area (Å²) in [5.74, 6) is 2.17. The van der Waals surface area contributed by atoms with Crippen LogP contribution in [0.15, 0.2) is 42.5 Å². The van der Waals surface area contributed by atoms with Gasteiger partial charge in [0.15, 0.2) is 11.5 Å². The molecule has 0 saturated heterocycles. The SMILES string of the molecule is COc1cccc(NC(=O)[C@@H](C)N(C)Cc2ccc3c(c2)OCCO3)c1. The van der Waals surface area contributed by atoms with Gasteiger partial charge in [0.05, 0.1) is 13.2 Å². The van der Waals surface area contributed by atoms with Gasteiger partial charge in [-0.1, -0.05) is 12.1 Å². The molecular weight excluding hydrogens is 332 g/mol. The van der Waals surface area contributed by atoms with Crippen molar-refractivity contribution in [2.75, 3.05) is 32.7 Å². The number of anilines is 1. The van der Waals surface area contributed by atoms with Gasteiger partial charge in [-0.15, -0.1) is 0 Å². The largest absolute Gasteiger partial charge is 0.497 e. The van der Waals surface area contributed by atoms with E-state index in [1.54, 1.807) is 13.2 Å². The average molecular weight is 356 g/mol. The van der Waals surface area contributed by atoms with Gasteiger partial charge in [0, 0.05) is 18.3 Å². The highest BCUT2D eigenvalue weighted by molar-refractivity contribution is 5.94. The molecule has 26 heavy (non-hydrogen) atoms. The number of nitrogens with zero attached hydrogens (tertiary/aromatic N) is 1. The molecule has 0 spiro atoms. The minimum atomic E-state index is -0.297. The van der Waals surface area contributed by atoms with E-state index in [-0.39, 0.29) is 11.9 Å². The molecule has 2 aromatic carbocycles. The van der Waals surface area contributed by atoms with E-state index in [2.05, 4.69) is 5.32 Å². The average Bonchev–Trinajstić information content (AvgIpc) is 2.67. The van der Waals surface area contributed by atoms with Crippen molar-refractivity contribution in [2.45, 2.75) is 19.5 Å². The Kier molecular flexibility index (Phi) is 5.63. The lowest BCUT2D eigenvalue weighted by Gasteiger charge is -2.25. The smallest absolute Gasteiger partial charge is 0.241 e. The highest BCUT2D eigenvalue weighted by Gasteiger charge is 2.19. The van der Waals surface area contributed by atoms with Gasteiger partial charge in [-0.05, 0) is 43.8 Å². The van der Waals surface area contributed by atoms with Crippen molar-refractivity contribution in [3.63, 3.8) is 0 Å². The Hall–Kier alpha value is -2.73. The molecule has 0 aliphatic carbocycles. The number of ether oxygens (including phenoxy) is 3. The molecule has 1 heterocycles. The second-order valence-electron chi connectivity index (χ2n) is 6.29. The summed E-state index contributed by atoms with van der Waals surface area (Å²) in [5.41, 5.74) is 1.78. The number of amides is 1. The van der Waals surface area contributed by atoms with Crippen molar-refractivity contribution in [1.29, 1.82) is 0 Å². The van der Waals surface area contributed by atoms with Crippen LogP contribution in [-0.4, -0.2) is 44.2 Å². The standard InChI is InChI=1S/C20H24N2O4/c1-14(20(23)21-16-5-4-6-17(12-16)24-3)22(2)13-15-7-8-18-19(11-15)26-10-9-25-18/h4-8,11-12,14H,9-10,13H2,1-3H3,(H,21,23)/t14-/m1/s1. The summed E-state index contributed by atoms with van der Waals surface area (Å²) in [4.78, 5) is 14.5. The molecular formula is C20H24N2O4. The number of carbonyl (C=O) groups excluding carboxylic acids is 1. The molecule has 0 unspecified atom stereocenters. The van der Waals surface area contributed by atoms with Crippen molar-refractivity contribution < 1.29 is 19.0 Å². The van der Waals surface area contributed by atoms with Gasteiger partial charge >= 0.3 is 0 Å². The second-order valence-corrected chi connectivity index (χ2v) is 6.29. The fourth-order valence-corrected chi connectivity index (χ4v) is 2.76. The highest BCUT2D eigenvalue weighted by atomic mass is 16.6. The molecule has 1 N–H and O–H groups in total. The summed E-state index contributed by atoms with van der Waals surface area (Å²) in [7, 11) is 3.53. The van der Waals surface area contributed by atoms with E-state index in [1.165, 1.54) is 0 Å². The Morgan fingerprint density at radius 3 is 2.73 bits per heavy atom. The van der Waals surface area contributed by atoms with Crippen LogP contribution in [0.25, 0.3) is 0 Å². The van der Waals surface area contributed by atoms with Gasteiger partial charge < -0.3 is 19.5 Å². The van der Waals surface area contributed by atoms with Gasteiger partial charge in [-0.3, -0.25) is 9.69 Å². The number of fused-ring (bicyclic) bond motifs is 1. The fourth-order valence-electron chi connectivity index (χ4n) is 2.76. The molecule has 1 aliphatic heterocycles. The van der Waals surface area contributed by atoms with E-state index in [0.717, 1.165) is 17.1 Å². The predicted molar refractivity (Wildman–Crippen MR) is 100.0 cm³/mol. The van der Waals surface area contributed by atoms with Crippen LogP contribution in [0.2, 0.25) is 0 Å². The van der Waals surface area contributed by atoms with Gasteiger partial charge in [0.1, 0.15) is 19.0 Å². The monoisotopic (exact) mass is 356 g/mol. The molecule has 2 aromatic rings. The van der Waals surface area contributed by atoms with E-state index in [1.807, 2.05) is 55.3 Å². The van der Waals surface area contributed by atoms with Crippen molar-refractivity contribution in [2.24, 2.45) is 0 Å². The third-order valence-corrected chi connectivity index (χ3v) is 4.42. The van der Waals surface area contributed by atoms with Gasteiger partial charge in [0.25, 0.3) is 0 Å². The number of nitrogens with one attached hydrogen (secondary N) is 1. The maximum absolute atomic E-state index is 12.5. The van der Waals surface area contributed by atoms with E-state index >= 15 is 0 Å². The lowest BCUT2D eigenvalue weighted by atomic mass is 10.1. The zero-order chi connectivity index (χ0) is 18.5. The molecule has 0 bridgehead atoms. The first-order valence-corrected chi connectivity index (χ1v) is 8.60. The van der Waals surface area contributed by atoms with E-state index in [0.29, 0.717) is 31.2 Å².